The molecule has 0 fully saturated rings. The number of nitrogens with zero attached hydrogens (tertiary/aromatic N) is 2. The van der Waals surface area contributed by atoms with Gasteiger partial charge in [0.05, 0.1) is 18.2 Å². The molecule has 0 bridgehead atoms. The molecular weight excluding hydrogens is 419 g/mol. The van der Waals surface area contributed by atoms with Gasteiger partial charge in [-0.2, -0.15) is 0 Å². The highest BCUT2D eigenvalue weighted by molar-refractivity contribution is 5.91. The lowest BCUT2D eigenvalue weighted by molar-refractivity contribution is 0.414. The zero-order chi connectivity index (χ0) is 23.2. The summed E-state index contributed by atoms with van der Waals surface area (Å²) in [4.78, 5) is 9.15. The molecule has 7 heteroatoms. The van der Waals surface area contributed by atoms with Gasteiger partial charge in [-0.3, -0.25) is 0 Å². The Morgan fingerprint density at radius 1 is 1.03 bits per heavy atom. The Balaban J connectivity index is 1.45. The third-order valence-corrected chi connectivity index (χ3v) is 5.39. The van der Waals surface area contributed by atoms with E-state index in [1.165, 1.54) is 23.8 Å². The molecule has 0 spiro atoms. The number of benzene rings is 3. The molecule has 1 aromatic heterocycles. The Bertz CT molecular complexity index is 1230. The molecule has 3 aromatic carbocycles. The van der Waals surface area contributed by atoms with Crippen LogP contribution in [0.15, 0.2) is 66.7 Å². The lowest BCUT2D eigenvalue weighted by atomic mass is 10.1. The third kappa shape index (κ3) is 5.56. The minimum atomic E-state index is -0.455. The highest BCUT2D eigenvalue weighted by Crippen LogP contribution is 2.31. The fraction of sp³-hybridized carbons (Fsp3) is 0.231. The summed E-state index contributed by atoms with van der Waals surface area (Å²) in [7, 11) is 1.66. The van der Waals surface area contributed by atoms with Crippen LogP contribution in [0, 0.1) is 5.82 Å². The highest BCUT2D eigenvalue weighted by Gasteiger charge is 2.14. The van der Waals surface area contributed by atoms with Crippen molar-refractivity contribution < 1.29 is 14.2 Å². The molecule has 0 amide bonds. The summed E-state index contributed by atoms with van der Waals surface area (Å²) in [6.07, 6.45) is 0.913. The number of methoxy groups -OCH3 is 1. The van der Waals surface area contributed by atoms with E-state index < -0.39 is 5.82 Å². The Hall–Kier alpha value is -3.71. The lowest BCUT2D eigenvalue weighted by Crippen LogP contribution is -2.32. The van der Waals surface area contributed by atoms with Gasteiger partial charge < -0.3 is 20.5 Å². The predicted molar refractivity (Wildman–Crippen MR) is 129 cm³/mol. The molecule has 3 N–H and O–H groups in total. The Morgan fingerprint density at radius 3 is 2.61 bits per heavy atom. The number of rotatable bonds is 9. The molecule has 0 aliphatic rings. The van der Waals surface area contributed by atoms with E-state index in [0.29, 0.717) is 11.3 Å². The Morgan fingerprint density at radius 2 is 1.82 bits per heavy atom. The molecule has 0 aliphatic carbocycles. The quantitative estimate of drug-likeness (QED) is 0.321. The van der Waals surface area contributed by atoms with Gasteiger partial charge in [-0.1, -0.05) is 24.3 Å². The first kappa shape index (κ1) is 22.5. The van der Waals surface area contributed by atoms with Crippen LogP contribution in [0.5, 0.6) is 11.5 Å². The minimum absolute atomic E-state index is 0.0640. The number of anilines is 1. The van der Waals surface area contributed by atoms with Crippen molar-refractivity contribution in [1.29, 1.82) is 0 Å². The molecule has 6 nitrogen and oxygen atoms in total. The summed E-state index contributed by atoms with van der Waals surface area (Å²) < 4.78 is 19.0. The van der Waals surface area contributed by atoms with E-state index in [1.54, 1.807) is 7.11 Å². The molecule has 0 aliphatic heterocycles. The molecule has 33 heavy (non-hydrogen) atoms. The van der Waals surface area contributed by atoms with Crippen molar-refractivity contribution >= 4 is 16.7 Å². The largest absolute Gasteiger partial charge is 0.507 e. The number of phenolic OH excluding ortho intramolecular Hbond substituents is 1. The van der Waals surface area contributed by atoms with Crippen LogP contribution in [0.4, 0.5) is 10.2 Å². The molecule has 1 unspecified atom stereocenters. The van der Waals surface area contributed by atoms with Crippen LogP contribution in [0.3, 0.4) is 0 Å². The summed E-state index contributed by atoms with van der Waals surface area (Å²) in [5.74, 6) is 1.25. The van der Waals surface area contributed by atoms with Crippen LogP contribution in [0.2, 0.25) is 0 Å². The number of halogens is 1. The standard InChI is InChI=1S/C26H27FN4O2/c1-17(16-28-14-13-18-7-10-20(33-2)11-8-18)29-25-21-5-3-4-6-23(21)30-26(31-25)22-15-19(27)9-12-24(22)32/h3-12,15,17,28,32H,13-14,16H2,1-2H3,(H,29,30,31). The van der Waals surface area contributed by atoms with Crippen molar-refractivity contribution in [3.63, 3.8) is 0 Å². The molecule has 0 saturated heterocycles. The maximum absolute atomic E-state index is 13.8. The van der Waals surface area contributed by atoms with Crippen molar-refractivity contribution in [2.45, 2.75) is 19.4 Å². The van der Waals surface area contributed by atoms with Gasteiger partial charge in [0.2, 0.25) is 0 Å². The zero-order valence-corrected chi connectivity index (χ0v) is 18.7. The van der Waals surface area contributed by atoms with Gasteiger partial charge in [0.25, 0.3) is 0 Å². The first-order valence-electron chi connectivity index (χ1n) is 10.9. The minimum Gasteiger partial charge on any atom is -0.507 e. The van der Waals surface area contributed by atoms with Crippen molar-refractivity contribution in [2.75, 3.05) is 25.5 Å². The van der Waals surface area contributed by atoms with Gasteiger partial charge in [0, 0.05) is 18.0 Å². The average molecular weight is 447 g/mol. The number of hydrogen-bond donors (Lipinski definition) is 3. The van der Waals surface area contributed by atoms with Crippen LogP contribution in [-0.4, -0.2) is 41.3 Å². The number of nitrogens with one attached hydrogen (secondary N) is 2. The number of para-hydroxylation sites is 1. The van der Waals surface area contributed by atoms with E-state index >= 15 is 0 Å². The predicted octanol–water partition coefficient (Wildman–Crippen LogP) is 4.78. The van der Waals surface area contributed by atoms with E-state index in [2.05, 4.69) is 39.7 Å². The number of hydrogen-bond acceptors (Lipinski definition) is 6. The van der Waals surface area contributed by atoms with Crippen LogP contribution in [0.1, 0.15) is 12.5 Å². The van der Waals surface area contributed by atoms with Gasteiger partial charge in [-0.25, -0.2) is 14.4 Å². The van der Waals surface area contributed by atoms with Crippen molar-refractivity contribution in [3.8, 4) is 22.9 Å². The topological polar surface area (TPSA) is 79.3 Å². The maximum Gasteiger partial charge on any atom is 0.165 e. The first-order valence-corrected chi connectivity index (χ1v) is 10.9. The van der Waals surface area contributed by atoms with E-state index in [4.69, 9.17) is 4.74 Å². The molecule has 0 radical (unpaired) electrons. The Labute approximate surface area is 192 Å². The van der Waals surface area contributed by atoms with Gasteiger partial charge in [-0.05, 0) is 67.9 Å². The fourth-order valence-corrected chi connectivity index (χ4v) is 3.62. The second-order valence-electron chi connectivity index (χ2n) is 7.92. The number of aromatic nitrogens is 2. The van der Waals surface area contributed by atoms with Crippen LogP contribution >= 0.6 is 0 Å². The second kappa shape index (κ2) is 10.3. The normalized spacial score (nSPS) is 12.0. The van der Waals surface area contributed by atoms with Crippen molar-refractivity contribution in [2.24, 2.45) is 0 Å². The molecule has 0 saturated carbocycles. The zero-order valence-electron chi connectivity index (χ0n) is 18.7. The van der Waals surface area contributed by atoms with Gasteiger partial charge in [0.1, 0.15) is 23.1 Å². The Kier molecular flexibility index (Phi) is 7.00. The molecule has 4 rings (SSSR count). The highest BCUT2D eigenvalue weighted by atomic mass is 19.1. The molecule has 4 aromatic rings. The second-order valence-corrected chi connectivity index (χ2v) is 7.92. The lowest BCUT2D eigenvalue weighted by Gasteiger charge is -2.18. The van der Waals surface area contributed by atoms with E-state index in [0.717, 1.165) is 30.6 Å². The maximum atomic E-state index is 13.8. The van der Waals surface area contributed by atoms with Crippen LogP contribution in [0.25, 0.3) is 22.3 Å². The van der Waals surface area contributed by atoms with Gasteiger partial charge >= 0.3 is 0 Å². The smallest absolute Gasteiger partial charge is 0.165 e. The van der Waals surface area contributed by atoms with Gasteiger partial charge in [0.15, 0.2) is 5.82 Å². The van der Waals surface area contributed by atoms with Crippen molar-refractivity contribution in [3.05, 3.63) is 78.1 Å². The number of fused-ring (bicyclic) bond motifs is 1. The first-order chi connectivity index (χ1) is 16.0. The summed E-state index contributed by atoms with van der Waals surface area (Å²) in [5, 5.41) is 18.0. The third-order valence-electron chi connectivity index (χ3n) is 5.39. The van der Waals surface area contributed by atoms with Crippen LogP contribution in [-0.2, 0) is 6.42 Å². The average Bonchev–Trinajstić information content (AvgIpc) is 2.83. The number of phenols is 1. The fourth-order valence-electron chi connectivity index (χ4n) is 3.62. The van der Waals surface area contributed by atoms with E-state index in [1.807, 2.05) is 36.4 Å². The monoisotopic (exact) mass is 446 g/mol. The summed E-state index contributed by atoms with van der Waals surface area (Å²) in [6, 6.07) is 19.5. The molecular formula is C26H27FN4O2. The summed E-state index contributed by atoms with van der Waals surface area (Å²) >= 11 is 0. The summed E-state index contributed by atoms with van der Waals surface area (Å²) in [5.41, 5.74) is 2.22. The van der Waals surface area contributed by atoms with Crippen molar-refractivity contribution in [1.82, 2.24) is 15.3 Å². The van der Waals surface area contributed by atoms with E-state index in [9.17, 15) is 9.50 Å². The summed E-state index contributed by atoms with van der Waals surface area (Å²) in [6.45, 7) is 3.64. The molecule has 1 atom stereocenters. The molecule has 170 valence electrons. The SMILES string of the molecule is COc1ccc(CCNCC(C)Nc2nc(-c3cc(F)ccc3O)nc3ccccc23)cc1. The van der Waals surface area contributed by atoms with Crippen LogP contribution < -0.4 is 15.4 Å². The van der Waals surface area contributed by atoms with E-state index in [-0.39, 0.29) is 23.2 Å². The number of ether oxygens (including phenoxy) is 1. The molecule has 1 heterocycles. The van der Waals surface area contributed by atoms with Gasteiger partial charge in [-0.15, -0.1) is 0 Å². The number of aromatic hydroxyl groups is 1.